The van der Waals surface area contributed by atoms with Crippen LogP contribution in [0, 0.1) is 5.92 Å². The van der Waals surface area contributed by atoms with Gasteiger partial charge >= 0.3 is 5.97 Å². The first-order valence-corrected chi connectivity index (χ1v) is 10.8. The first-order valence-electron chi connectivity index (χ1n) is 10.8. The quantitative estimate of drug-likeness (QED) is 0.458. The minimum Gasteiger partial charge on any atom is -0.507 e. The van der Waals surface area contributed by atoms with Gasteiger partial charge in [0.05, 0.1) is 5.92 Å². The van der Waals surface area contributed by atoms with E-state index in [0.29, 0.717) is 12.2 Å². The van der Waals surface area contributed by atoms with Crippen molar-refractivity contribution in [2.24, 2.45) is 5.92 Å². The van der Waals surface area contributed by atoms with Crippen molar-refractivity contribution in [3.8, 4) is 5.75 Å². The lowest BCUT2D eigenvalue weighted by Gasteiger charge is -2.28. The van der Waals surface area contributed by atoms with Gasteiger partial charge in [0, 0.05) is 12.2 Å². The molecule has 3 N–H and O–H groups in total. The summed E-state index contributed by atoms with van der Waals surface area (Å²) in [6.07, 6.45) is 4.75. The van der Waals surface area contributed by atoms with Crippen LogP contribution in [0.15, 0.2) is 12.1 Å². The van der Waals surface area contributed by atoms with E-state index in [0.717, 1.165) is 23.5 Å². The van der Waals surface area contributed by atoms with Crippen LogP contribution in [0.2, 0.25) is 0 Å². The summed E-state index contributed by atoms with van der Waals surface area (Å²) in [5.41, 5.74) is 2.00. The Morgan fingerprint density at radius 3 is 1.86 bits per heavy atom. The molecule has 1 unspecified atom stereocenters. The Morgan fingerprint density at radius 1 is 0.931 bits per heavy atom. The third-order valence-electron chi connectivity index (χ3n) is 5.09. The number of hydrogen-bond donors (Lipinski definition) is 3. The minimum atomic E-state index is -0.925. The smallest absolute Gasteiger partial charge is 0.310 e. The number of phenols is 1. The first-order chi connectivity index (χ1) is 13.1. The van der Waals surface area contributed by atoms with E-state index in [2.05, 4.69) is 34.6 Å². The van der Waals surface area contributed by atoms with Crippen LogP contribution < -0.4 is 0 Å². The van der Waals surface area contributed by atoms with Crippen molar-refractivity contribution in [2.45, 2.75) is 105 Å². The average Bonchev–Trinajstić information content (AvgIpc) is 2.56. The van der Waals surface area contributed by atoms with Gasteiger partial charge in [-0.1, -0.05) is 86.8 Å². The van der Waals surface area contributed by atoms with Gasteiger partial charge in [-0.05, 0) is 41.2 Å². The number of aliphatic hydroxyl groups excluding tert-OH is 1. The summed E-state index contributed by atoms with van der Waals surface area (Å²) >= 11 is 0. The van der Waals surface area contributed by atoms with Crippen LogP contribution in [-0.2, 0) is 15.6 Å². The summed E-state index contributed by atoms with van der Waals surface area (Å²) in [4.78, 5) is 11.3. The lowest BCUT2D eigenvalue weighted by atomic mass is 9.77. The van der Waals surface area contributed by atoms with Crippen molar-refractivity contribution in [3.05, 3.63) is 28.8 Å². The fourth-order valence-corrected chi connectivity index (χ4v) is 2.97. The van der Waals surface area contributed by atoms with Crippen LogP contribution >= 0.6 is 0 Å². The molecule has 29 heavy (non-hydrogen) atoms. The van der Waals surface area contributed by atoms with Crippen molar-refractivity contribution < 1.29 is 20.1 Å². The number of phenolic OH excluding ortho intramolecular Hbond substituents is 1. The van der Waals surface area contributed by atoms with E-state index in [1.807, 2.05) is 32.9 Å². The van der Waals surface area contributed by atoms with Crippen LogP contribution in [0.4, 0.5) is 0 Å². The van der Waals surface area contributed by atoms with Crippen molar-refractivity contribution in [1.82, 2.24) is 0 Å². The third-order valence-corrected chi connectivity index (χ3v) is 5.09. The molecular weight excluding hydrogens is 364 g/mol. The summed E-state index contributed by atoms with van der Waals surface area (Å²) in [5.74, 6) is -0.714. The largest absolute Gasteiger partial charge is 0.507 e. The molecule has 0 saturated carbocycles. The predicted octanol–water partition coefficient (Wildman–Crippen LogP) is 6.37. The molecule has 4 heteroatoms. The van der Waals surface area contributed by atoms with Gasteiger partial charge in [0.1, 0.15) is 5.75 Å². The highest BCUT2D eigenvalue weighted by Gasteiger charge is 2.28. The van der Waals surface area contributed by atoms with Crippen LogP contribution in [0.3, 0.4) is 0 Å². The van der Waals surface area contributed by atoms with Gasteiger partial charge in [-0.25, -0.2) is 0 Å². The second-order valence-corrected chi connectivity index (χ2v) is 10.5. The Morgan fingerprint density at radius 2 is 1.48 bits per heavy atom. The van der Waals surface area contributed by atoms with Gasteiger partial charge in [-0.3, -0.25) is 4.79 Å². The molecule has 4 nitrogen and oxygen atoms in total. The number of unbranched alkanes of at least 4 members (excludes halogenated alkanes) is 2. The summed E-state index contributed by atoms with van der Waals surface area (Å²) in [6.45, 7) is 18.7. The SMILES string of the molecule is CC(C(=O)O)c1cc(C(C)(C)C)cc(C(C)(C)C)c1O.CC(C)CCCCCO. The highest BCUT2D eigenvalue weighted by Crippen LogP contribution is 2.40. The number of carboxylic acids is 1. The molecule has 1 rings (SSSR count). The van der Waals surface area contributed by atoms with Crippen LogP contribution in [0.25, 0.3) is 0 Å². The van der Waals surface area contributed by atoms with Crippen molar-refractivity contribution >= 4 is 5.97 Å². The molecule has 0 heterocycles. The Labute approximate surface area is 178 Å². The third kappa shape index (κ3) is 9.66. The number of aromatic hydroxyl groups is 1. The molecule has 1 aromatic rings. The highest BCUT2D eigenvalue weighted by atomic mass is 16.4. The Hall–Kier alpha value is -1.55. The molecule has 1 atom stereocenters. The molecule has 0 aliphatic heterocycles. The van der Waals surface area contributed by atoms with E-state index in [-0.39, 0.29) is 16.6 Å². The van der Waals surface area contributed by atoms with Gasteiger partial charge in [-0.2, -0.15) is 0 Å². The fraction of sp³-hybridized carbons (Fsp3) is 0.720. The van der Waals surface area contributed by atoms with Crippen molar-refractivity contribution in [2.75, 3.05) is 6.61 Å². The molecular formula is C25H44O4. The standard InChI is InChI=1S/C17H26O3.C8H18O/c1-10(15(19)20)12-8-11(16(2,3)4)9-13(14(12)18)17(5,6)7;1-8(2)6-4-3-5-7-9/h8-10,18H,1-7H3,(H,19,20);8-9H,3-7H2,1-2H3. The first kappa shape index (κ1) is 27.5. The molecule has 0 saturated heterocycles. The maximum Gasteiger partial charge on any atom is 0.310 e. The molecule has 168 valence electrons. The maximum absolute atomic E-state index is 11.3. The van der Waals surface area contributed by atoms with Crippen LogP contribution in [-0.4, -0.2) is 27.9 Å². The second-order valence-electron chi connectivity index (χ2n) is 10.5. The number of carboxylic acid groups (broad SMARTS) is 1. The van der Waals surface area contributed by atoms with Crippen LogP contribution in [0.1, 0.15) is 111 Å². The topological polar surface area (TPSA) is 77.8 Å². The Bertz CT molecular complexity index is 633. The van der Waals surface area contributed by atoms with Crippen LogP contribution in [0.5, 0.6) is 5.75 Å². The summed E-state index contributed by atoms with van der Waals surface area (Å²) in [5, 5.41) is 28.1. The monoisotopic (exact) mass is 408 g/mol. The van der Waals surface area contributed by atoms with Crippen molar-refractivity contribution in [1.29, 1.82) is 0 Å². The van der Waals surface area contributed by atoms with E-state index in [1.165, 1.54) is 19.3 Å². The zero-order chi connectivity index (χ0) is 23.0. The summed E-state index contributed by atoms with van der Waals surface area (Å²) in [6, 6.07) is 3.82. The van der Waals surface area contributed by atoms with Gasteiger partial charge in [0.2, 0.25) is 0 Å². The Kier molecular flexibility index (Phi) is 11.0. The van der Waals surface area contributed by atoms with E-state index in [9.17, 15) is 15.0 Å². The zero-order valence-corrected chi connectivity index (χ0v) is 20.1. The molecule has 0 amide bonds. The Balaban J connectivity index is 0.000000734. The number of carbonyl (C=O) groups is 1. The number of hydrogen-bond acceptors (Lipinski definition) is 3. The van der Waals surface area contributed by atoms with Gasteiger partial charge in [0.25, 0.3) is 0 Å². The molecule has 0 radical (unpaired) electrons. The molecule has 0 aliphatic rings. The number of rotatable bonds is 7. The van der Waals surface area contributed by atoms with Gasteiger partial charge in [0.15, 0.2) is 0 Å². The minimum absolute atomic E-state index is 0.0966. The molecule has 0 bridgehead atoms. The van der Waals surface area contributed by atoms with Gasteiger partial charge < -0.3 is 15.3 Å². The zero-order valence-electron chi connectivity index (χ0n) is 20.1. The lowest BCUT2D eigenvalue weighted by molar-refractivity contribution is -0.138. The van der Waals surface area contributed by atoms with Crippen molar-refractivity contribution in [3.63, 3.8) is 0 Å². The molecule has 1 aromatic carbocycles. The fourth-order valence-electron chi connectivity index (χ4n) is 2.97. The van der Waals surface area contributed by atoms with Gasteiger partial charge in [-0.15, -0.1) is 0 Å². The summed E-state index contributed by atoms with van der Waals surface area (Å²) < 4.78 is 0. The van der Waals surface area contributed by atoms with E-state index in [1.54, 1.807) is 6.92 Å². The number of aliphatic carboxylic acids is 1. The molecule has 0 aromatic heterocycles. The maximum atomic E-state index is 11.3. The molecule has 0 aliphatic carbocycles. The molecule has 0 fully saturated rings. The lowest BCUT2D eigenvalue weighted by Crippen LogP contribution is -2.19. The van der Waals surface area contributed by atoms with E-state index >= 15 is 0 Å². The molecule has 0 spiro atoms. The van der Waals surface area contributed by atoms with E-state index in [4.69, 9.17) is 5.11 Å². The number of benzene rings is 1. The summed E-state index contributed by atoms with van der Waals surface area (Å²) in [7, 11) is 0. The van der Waals surface area contributed by atoms with E-state index < -0.39 is 11.9 Å². The highest BCUT2D eigenvalue weighted by molar-refractivity contribution is 5.77. The second kappa shape index (κ2) is 11.6. The normalized spacial score (nSPS) is 13.1. The number of aliphatic hydroxyl groups is 1. The predicted molar refractivity (Wildman–Crippen MR) is 122 cm³/mol. The average molecular weight is 409 g/mol.